The van der Waals surface area contributed by atoms with E-state index in [0.29, 0.717) is 0 Å². The molecule has 1 N–H and O–H groups in total. The summed E-state index contributed by atoms with van der Waals surface area (Å²) >= 11 is 0. The summed E-state index contributed by atoms with van der Waals surface area (Å²) in [5.74, 6) is -0.0735. The normalized spacial score (nSPS) is 20.3. The number of carbonyl (C=O) groups excluding carboxylic acids is 2. The van der Waals surface area contributed by atoms with Gasteiger partial charge in [-0.2, -0.15) is 0 Å². The number of nitrogens with zero attached hydrogens (tertiary/aromatic N) is 1. The van der Waals surface area contributed by atoms with Gasteiger partial charge in [0, 0.05) is 6.04 Å². The van der Waals surface area contributed by atoms with Gasteiger partial charge >= 0.3 is 0 Å². The molecule has 4 nitrogen and oxygen atoms in total. The van der Waals surface area contributed by atoms with E-state index in [9.17, 15) is 9.59 Å². The van der Waals surface area contributed by atoms with Crippen LogP contribution in [0.15, 0.2) is 30.3 Å². The first-order valence-corrected chi connectivity index (χ1v) is 7.78. The Labute approximate surface area is 126 Å². The van der Waals surface area contributed by atoms with Crippen LogP contribution in [-0.4, -0.2) is 29.3 Å². The number of hydrogen-bond donors (Lipinski definition) is 1. The third-order valence-corrected chi connectivity index (χ3v) is 4.04. The lowest BCUT2D eigenvalue weighted by molar-refractivity contribution is -0.146. The highest BCUT2D eigenvalue weighted by Gasteiger charge is 2.35. The van der Waals surface area contributed by atoms with Crippen LogP contribution in [0.3, 0.4) is 0 Å². The standard InChI is InChI=1S/C17H24N2O2/c1-3-4-6-9-13(2)19-12-15(20)18-16(17(19)21)14-10-7-5-8-11-14/h5,7-8,10-11,13,16H,3-4,6,9,12H2,1-2H3,(H,18,20). The quantitative estimate of drug-likeness (QED) is 0.818. The third kappa shape index (κ3) is 3.84. The first-order chi connectivity index (χ1) is 10.1. The van der Waals surface area contributed by atoms with E-state index in [1.807, 2.05) is 37.3 Å². The Balaban J connectivity index is 2.09. The van der Waals surface area contributed by atoms with Gasteiger partial charge in [-0.15, -0.1) is 0 Å². The van der Waals surface area contributed by atoms with Gasteiger partial charge in [-0.1, -0.05) is 56.5 Å². The summed E-state index contributed by atoms with van der Waals surface area (Å²) in [7, 11) is 0. The molecule has 0 bridgehead atoms. The molecule has 1 aromatic rings. The topological polar surface area (TPSA) is 49.4 Å². The highest BCUT2D eigenvalue weighted by molar-refractivity contribution is 5.95. The maximum atomic E-state index is 12.7. The Bertz CT molecular complexity index is 487. The second kappa shape index (κ2) is 7.25. The van der Waals surface area contributed by atoms with E-state index >= 15 is 0 Å². The minimum Gasteiger partial charge on any atom is -0.339 e. The molecule has 1 aromatic carbocycles. The van der Waals surface area contributed by atoms with E-state index < -0.39 is 6.04 Å². The molecule has 2 unspecified atom stereocenters. The molecule has 1 fully saturated rings. The fraction of sp³-hybridized carbons (Fsp3) is 0.529. The van der Waals surface area contributed by atoms with Gasteiger partial charge in [0.15, 0.2) is 0 Å². The third-order valence-electron chi connectivity index (χ3n) is 4.04. The number of piperazine rings is 1. The summed E-state index contributed by atoms with van der Waals surface area (Å²) in [5, 5.41) is 2.80. The Morgan fingerprint density at radius 1 is 1.24 bits per heavy atom. The first-order valence-electron chi connectivity index (χ1n) is 7.78. The first kappa shape index (κ1) is 15.5. The predicted molar refractivity (Wildman–Crippen MR) is 82.6 cm³/mol. The highest BCUT2D eigenvalue weighted by atomic mass is 16.2. The monoisotopic (exact) mass is 288 g/mol. The molecule has 2 rings (SSSR count). The van der Waals surface area contributed by atoms with Gasteiger partial charge in [-0.05, 0) is 18.9 Å². The molecular weight excluding hydrogens is 264 g/mol. The minimum atomic E-state index is -0.541. The van der Waals surface area contributed by atoms with Crippen molar-refractivity contribution in [2.45, 2.75) is 51.6 Å². The largest absolute Gasteiger partial charge is 0.339 e. The van der Waals surface area contributed by atoms with Crippen LogP contribution in [0.2, 0.25) is 0 Å². The fourth-order valence-electron chi connectivity index (χ4n) is 2.76. The highest BCUT2D eigenvalue weighted by Crippen LogP contribution is 2.22. The average Bonchev–Trinajstić information content (AvgIpc) is 2.50. The number of nitrogens with one attached hydrogen (secondary N) is 1. The Kier molecular flexibility index (Phi) is 5.37. The lowest BCUT2D eigenvalue weighted by atomic mass is 10.0. The van der Waals surface area contributed by atoms with Crippen LogP contribution < -0.4 is 5.32 Å². The van der Waals surface area contributed by atoms with Crippen molar-refractivity contribution in [1.82, 2.24) is 10.2 Å². The number of carbonyl (C=O) groups is 2. The summed E-state index contributed by atoms with van der Waals surface area (Å²) in [4.78, 5) is 26.3. The van der Waals surface area contributed by atoms with Crippen LogP contribution in [0.1, 0.15) is 51.1 Å². The van der Waals surface area contributed by atoms with Crippen molar-refractivity contribution in [3.05, 3.63) is 35.9 Å². The Hall–Kier alpha value is -1.84. The van der Waals surface area contributed by atoms with Gasteiger partial charge in [0.05, 0.1) is 6.54 Å². The molecule has 0 aromatic heterocycles. The Morgan fingerprint density at radius 2 is 1.95 bits per heavy atom. The van der Waals surface area contributed by atoms with E-state index in [2.05, 4.69) is 12.2 Å². The van der Waals surface area contributed by atoms with Crippen molar-refractivity contribution < 1.29 is 9.59 Å². The van der Waals surface area contributed by atoms with Gasteiger partial charge in [-0.25, -0.2) is 0 Å². The van der Waals surface area contributed by atoms with Crippen LogP contribution in [0.4, 0.5) is 0 Å². The maximum Gasteiger partial charge on any atom is 0.250 e. The molecule has 1 aliphatic rings. The zero-order valence-corrected chi connectivity index (χ0v) is 12.8. The summed E-state index contributed by atoms with van der Waals surface area (Å²) in [6.45, 7) is 4.37. The summed E-state index contributed by atoms with van der Waals surface area (Å²) in [6, 6.07) is 9.02. The van der Waals surface area contributed by atoms with Gasteiger partial charge in [0.1, 0.15) is 6.04 Å². The number of unbranched alkanes of at least 4 members (excludes halogenated alkanes) is 2. The van der Waals surface area contributed by atoms with Gasteiger partial charge in [0.25, 0.3) is 5.91 Å². The molecule has 0 radical (unpaired) electrons. The summed E-state index contributed by atoms with van der Waals surface area (Å²) < 4.78 is 0. The van der Waals surface area contributed by atoms with Crippen molar-refractivity contribution in [3.8, 4) is 0 Å². The van der Waals surface area contributed by atoms with Gasteiger partial charge in [0.2, 0.25) is 5.91 Å². The van der Waals surface area contributed by atoms with E-state index in [1.165, 1.54) is 6.42 Å². The van der Waals surface area contributed by atoms with E-state index in [1.54, 1.807) is 4.90 Å². The number of benzene rings is 1. The molecule has 2 atom stereocenters. The lowest BCUT2D eigenvalue weighted by Gasteiger charge is -2.36. The maximum absolute atomic E-state index is 12.7. The molecular formula is C17H24N2O2. The molecule has 114 valence electrons. The Morgan fingerprint density at radius 3 is 2.62 bits per heavy atom. The van der Waals surface area contributed by atoms with Crippen molar-refractivity contribution in [2.75, 3.05) is 6.54 Å². The van der Waals surface area contributed by atoms with Crippen molar-refractivity contribution >= 4 is 11.8 Å². The van der Waals surface area contributed by atoms with Gasteiger partial charge in [-0.3, -0.25) is 9.59 Å². The zero-order valence-electron chi connectivity index (χ0n) is 12.8. The minimum absolute atomic E-state index is 0.00444. The fourth-order valence-corrected chi connectivity index (χ4v) is 2.76. The zero-order chi connectivity index (χ0) is 15.2. The number of rotatable bonds is 6. The molecule has 4 heteroatoms. The molecule has 0 spiro atoms. The van der Waals surface area contributed by atoms with Crippen LogP contribution in [0.5, 0.6) is 0 Å². The van der Waals surface area contributed by atoms with E-state index in [-0.39, 0.29) is 24.4 Å². The molecule has 0 aliphatic carbocycles. The van der Waals surface area contributed by atoms with Crippen LogP contribution >= 0.6 is 0 Å². The van der Waals surface area contributed by atoms with Crippen molar-refractivity contribution in [3.63, 3.8) is 0 Å². The van der Waals surface area contributed by atoms with Crippen LogP contribution in [0, 0.1) is 0 Å². The molecule has 21 heavy (non-hydrogen) atoms. The second-order valence-corrected chi connectivity index (χ2v) is 5.72. The summed E-state index contributed by atoms with van der Waals surface area (Å²) in [5.41, 5.74) is 0.848. The van der Waals surface area contributed by atoms with E-state index in [4.69, 9.17) is 0 Å². The second-order valence-electron chi connectivity index (χ2n) is 5.72. The summed E-state index contributed by atoms with van der Waals surface area (Å²) in [6.07, 6.45) is 4.38. The number of hydrogen-bond acceptors (Lipinski definition) is 2. The number of amides is 2. The molecule has 2 amide bonds. The van der Waals surface area contributed by atoms with E-state index in [0.717, 1.165) is 24.8 Å². The molecule has 1 heterocycles. The molecule has 1 saturated heterocycles. The van der Waals surface area contributed by atoms with Crippen LogP contribution in [-0.2, 0) is 9.59 Å². The molecule has 1 aliphatic heterocycles. The van der Waals surface area contributed by atoms with Crippen LogP contribution in [0.25, 0.3) is 0 Å². The van der Waals surface area contributed by atoms with Crippen molar-refractivity contribution in [2.24, 2.45) is 0 Å². The predicted octanol–water partition coefficient (Wildman–Crippen LogP) is 2.65. The smallest absolute Gasteiger partial charge is 0.250 e. The average molecular weight is 288 g/mol. The molecule has 0 saturated carbocycles. The van der Waals surface area contributed by atoms with Gasteiger partial charge < -0.3 is 10.2 Å². The lowest BCUT2D eigenvalue weighted by Crippen LogP contribution is -2.56. The SMILES string of the molecule is CCCCCC(C)N1CC(=O)NC(c2ccccc2)C1=O. The van der Waals surface area contributed by atoms with Crippen molar-refractivity contribution in [1.29, 1.82) is 0 Å².